The number of carboxylic acids is 2. The lowest BCUT2D eigenvalue weighted by atomic mass is 10.0. The third kappa shape index (κ3) is 11.5. The van der Waals surface area contributed by atoms with E-state index in [2.05, 4.69) is 16.0 Å². The second-order valence-electron chi connectivity index (χ2n) is 7.53. The van der Waals surface area contributed by atoms with Gasteiger partial charge in [-0.1, -0.05) is 13.8 Å². The zero-order chi connectivity index (χ0) is 24.3. The topological polar surface area (TPSA) is 231 Å². The Morgan fingerprint density at radius 3 is 1.81 bits per heavy atom. The summed E-state index contributed by atoms with van der Waals surface area (Å²) in [6.45, 7) is 4.81. The van der Waals surface area contributed by atoms with Crippen LogP contribution in [0.3, 0.4) is 0 Å². The Morgan fingerprint density at radius 1 is 0.839 bits per heavy atom. The van der Waals surface area contributed by atoms with Crippen LogP contribution in [0.5, 0.6) is 0 Å². The Hall–Kier alpha value is -3.22. The predicted octanol–water partition coefficient (Wildman–Crippen LogP) is -2.34. The summed E-state index contributed by atoms with van der Waals surface area (Å²) >= 11 is 0. The van der Waals surface area contributed by atoms with Gasteiger partial charge in [0, 0.05) is 6.42 Å². The van der Waals surface area contributed by atoms with Gasteiger partial charge in [-0.05, 0) is 25.7 Å². The van der Waals surface area contributed by atoms with Gasteiger partial charge in [0.1, 0.15) is 18.1 Å². The van der Waals surface area contributed by atoms with E-state index < -0.39 is 72.6 Å². The zero-order valence-electron chi connectivity index (χ0n) is 17.7. The van der Waals surface area contributed by atoms with Crippen LogP contribution in [0.2, 0.25) is 0 Å². The largest absolute Gasteiger partial charge is 0.481 e. The van der Waals surface area contributed by atoms with Gasteiger partial charge in [-0.3, -0.25) is 28.8 Å². The third-order valence-corrected chi connectivity index (χ3v) is 4.11. The van der Waals surface area contributed by atoms with Crippen molar-refractivity contribution in [1.82, 2.24) is 16.0 Å². The molecule has 0 spiro atoms. The number of hydrogen-bond donors (Lipinski definition) is 7. The van der Waals surface area contributed by atoms with Crippen molar-refractivity contribution in [1.29, 1.82) is 0 Å². The Morgan fingerprint density at radius 2 is 1.35 bits per heavy atom. The molecular weight excluding hydrogens is 414 g/mol. The molecular formula is C18H31N5O8. The molecule has 4 atom stereocenters. The fourth-order valence-electron chi connectivity index (χ4n) is 2.48. The summed E-state index contributed by atoms with van der Waals surface area (Å²) in [5.74, 6) is -5.88. The van der Waals surface area contributed by atoms with Crippen molar-refractivity contribution in [3.63, 3.8) is 0 Å². The number of nitrogens with one attached hydrogen (secondary N) is 3. The number of aliphatic carboxylic acids is 2. The van der Waals surface area contributed by atoms with Gasteiger partial charge in [0.05, 0.1) is 12.5 Å². The molecule has 4 amide bonds. The molecule has 4 unspecified atom stereocenters. The van der Waals surface area contributed by atoms with Gasteiger partial charge in [-0.2, -0.15) is 0 Å². The van der Waals surface area contributed by atoms with E-state index in [1.165, 1.54) is 6.92 Å². The summed E-state index contributed by atoms with van der Waals surface area (Å²) in [4.78, 5) is 70.1. The van der Waals surface area contributed by atoms with Crippen LogP contribution in [0.4, 0.5) is 0 Å². The van der Waals surface area contributed by atoms with Crippen LogP contribution in [0.15, 0.2) is 0 Å². The highest BCUT2D eigenvalue weighted by Crippen LogP contribution is 2.08. The number of rotatable bonds is 14. The van der Waals surface area contributed by atoms with Crippen LogP contribution >= 0.6 is 0 Å². The lowest BCUT2D eigenvalue weighted by Crippen LogP contribution is -2.57. The number of primary amides is 1. The molecule has 0 aromatic rings. The fraction of sp³-hybridized carbons (Fsp3) is 0.667. The molecule has 0 saturated heterocycles. The van der Waals surface area contributed by atoms with E-state index in [1.54, 1.807) is 13.8 Å². The first-order valence-electron chi connectivity index (χ1n) is 9.64. The molecule has 0 aliphatic carbocycles. The van der Waals surface area contributed by atoms with Crippen LogP contribution in [-0.4, -0.2) is 69.9 Å². The Balaban J connectivity index is 5.42. The Kier molecular flexibility index (Phi) is 11.8. The highest BCUT2D eigenvalue weighted by Gasteiger charge is 2.30. The summed E-state index contributed by atoms with van der Waals surface area (Å²) in [5.41, 5.74) is 10.5. The molecule has 0 saturated carbocycles. The summed E-state index contributed by atoms with van der Waals surface area (Å²) in [6.07, 6.45) is -1.10. The van der Waals surface area contributed by atoms with Crippen molar-refractivity contribution < 1.29 is 39.0 Å². The minimum atomic E-state index is -1.36. The van der Waals surface area contributed by atoms with Gasteiger partial charge < -0.3 is 37.6 Å². The van der Waals surface area contributed by atoms with Gasteiger partial charge in [0.2, 0.25) is 23.6 Å². The monoisotopic (exact) mass is 445 g/mol. The predicted molar refractivity (Wildman–Crippen MR) is 107 cm³/mol. The van der Waals surface area contributed by atoms with Crippen molar-refractivity contribution in [2.24, 2.45) is 17.4 Å². The molecule has 9 N–H and O–H groups in total. The molecule has 31 heavy (non-hydrogen) atoms. The van der Waals surface area contributed by atoms with Crippen molar-refractivity contribution >= 4 is 35.6 Å². The molecule has 0 heterocycles. The summed E-state index contributed by atoms with van der Waals surface area (Å²) in [6, 6.07) is -5.03. The molecule has 0 radical (unpaired) electrons. The standard InChI is InChI=1S/C18H31N5O8/c1-8(2)6-12(17(29)21-9(3)18(30)31)23-16(28)11(4-5-14(25)26)22-15(27)10(19)7-13(20)24/h8-12H,4-7,19H2,1-3H3,(H2,20,24)(H,21,29)(H,22,27)(H,23,28)(H,25,26)(H,30,31). The van der Waals surface area contributed by atoms with Crippen molar-refractivity contribution in [3.8, 4) is 0 Å². The van der Waals surface area contributed by atoms with Crippen LogP contribution in [0, 0.1) is 5.92 Å². The minimum absolute atomic E-state index is 0.0627. The number of carbonyl (C=O) groups is 6. The normalized spacial score (nSPS) is 14.6. The summed E-state index contributed by atoms with van der Waals surface area (Å²) in [5, 5.41) is 24.8. The van der Waals surface area contributed by atoms with Gasteiger partial charge in [0.25, 0.3) is 0 Å². The molecule has 0 aromatic carbocycles. The minimum Gasteiger partial charge on any atom is -0.481 e. The molecule has 0 fully saturated rings. The van der Waals surface area contributed by atoms with Crippen LogP contribution in [-0.2, 0) is 28.8 Å². The van der Waals surface area contributed by atoms with E-state index in [-0.39, 0.29) is 18.8 Å². The second-order valence-corrected chi connectivity index (χ2v) is 7.53. The lowest BCUT2D eigenvalue weighted by molar-refractivity contribution is -0.142. The molecule has 13 nitrogen and oxygen atoms in total. The molecule has 0 aromatic heterocycles. The Bertz CT molecular complexity index is 696. The van der Waals surface area contributed by atoms with E-state index in [1.807, 2.05) is 0 Å². The lowest BCUT2D eigenvalue weighted by Gasteiger charge is -2.25. The fourth-order valence-corrected chi connectivity index (χ4v) is 2.48. The number of hydrogen-bond acceptors (Lipinski definition) is 7. The first kappa shape index (κ1) is 27.8. The van der Waals surface area contributed by atoms with Crippen molar-refractivity contribution in [2.45, 2.75) is 70.6 Å². The number of amides is 4. The summed E-state index contributed by atoms with van der Waals surface area (Å²) < 4.78 is 0. The van der Waals surface area contributed by atoms with Gasteiger partial charge in [0.15, 0.2) is 0 Å². The molecule has 176 valence electrons. The molecule has 0 aliphatic rings. The molecule has 0 aliphatic heterocycles. The highest BCUT2D eigenvalue weighted by atomic mass is 16.4. The first-order valence-corrected chi connectivity index (χ1v) is 9.64. The van der Waals surface area contributed by atoms with Crippen molar-refractivity contribution in [3.05, 3.63) is 0 Å². The maximum atomic E-state index is 12.7. The zero-order valence-corrected chi connectivity index (χ0v) is 17.7. The quantitative estimate of drug-likeness (QED) is 0.151. The van der Waals surface area contributed by atoms with Gasteiger partial charge >= 0.3 is 11.9 Å². The van der Waals surface area contributed by atoms with Crippen LogP contribution in [0.1, 0.15) is 46.5 Å². The molecule has 13 heteroatoms. The van der Waals surface area contributed by atoms with Gasteiger partial charge in [-0.25, -0.2) is 0 Å². The average molecular weight is 445 g/mol. The first-order chi connectivity index (χ1) is 14.2. The van der Waals surface area contributed by atoms with E-state index in [0.717, 1.165) is 0 Å². The molecule has 0 bridgehead atoms. The third-order valence-electron chi connectivity index (χ3n) is 4.11. The van der Waals surface area contributed by atoms with E-state index in [9.17, 15) is 28.8 Å². The Labute approximate surface area is 179 Å². The number of carboxylic acid groups (broad SMARTS) is 2. The van der Waals surface area contributed by atoms with Gasteiger partial charge in [-0.15, -0.1) is 0 Å². The SMILES string of the molecule is CC(C)CC(NC(=O)C(CCC(=O)O)NC(=O)C(N)CC(N)=O)C(=O)NC(C)C(=O)O. The maximum absolute atomic E-state index is 12.7. The maximum Gasteiger partial charge on any atom is 0.325 e. The second kappa shape index (κ2) is 13.2. The van der Waals surface area contributed by atoms with Crippen molar-refractivity contribution in [2.75, 3.05) is 0 Å². The highest BCUT2D eigenvalue weighted by molar-refractivity contribution is 5.95. The van der Waals surface area contributed by atoms with E-state index in [0.29, 0.717) is 0 Å². The number of nitrogens with two attached hydrogens (primary N) is 2. The average Bonchev–Trinajstić information content (AvgIpc) is 2.62. The van der Waals surface area contributed by atoms with E-state index in [4.69, 9.17) is 21.7 Å². The summed E-state index contributed by atoms with van der Waals surface area (Å²) in [7, 11) is 0. The van der Waals surface area contributed by atoms with E-state index >= 15 is 0 Å². The molecule has 0 rings (SSSR count). The smallest absolute Gasteiger partial charge is 0.325 e. The van der Waals surface area contributed by atoms with Crippen LogP contribution < -0.4 is 27.4 Å². The van der Waals surface area contributed by atoms with Crippen LogP contribution in [0.25, 0.3) is 0 Å². The number of carbonyl (C=O) groups excluding carboxylic acids is 4.